The molecule has 1 aromatic carbocycles. The molecule has 24 heavy (non-hydrogen) atoms. The quantitative estimate of drug-likeness (QED) is 0.800. The minimum absolute atomic E-state index is 0.00175. The van der Waals surface area contributed by atoms with Crippen LogP contribution in [0.2, 0.25) is 0 Å². The van der Waals surface area contributed by atoms with Crippen molar-refractivity contribution in [3.63, 3.8) is 0 Å². The van der Waals surface area contributed by atoms with Gasteiger partial charge in [0.25, 0.3) is 0 Å². The van der Waals surface area contributed by atoms with Crippen molar-refractivity contribution in [1.82, 2.24) is 4.72 Å². The molecule has 1 aliphatic carbocycles. The summed E-state index contributed by atoms with van der Waals surface area (Å²) in [7, 11) is -4.54. The highest BCUT2D eigenvalue weighted by Gasteiger charge is 2.46. The highest BCUT2D eigenvalue weighted by Crippen LogP contribution is 2.38. The number of carbonyl (C=O) groups is 1. The van der Waals surface area contributed by atoms with E-state index < -0.39 is 50.4 Å². The molecule has 0 heterocycles. The van der Waals surface area contributed by atoms with Crippen LogP contribution < -0.4 is 4.72 Å². The minimum atomic E-state index is -4.56. The van der Waals surface area contributed by atoms with Gasteiger partial charge >= 0.3 is 12.1 Å². The van der Waals surface area contributed by atoms with Crippen LogP contribution in [0.15, 0.2) is 23.1 Å². The molecule has 2 N–H and O–H groups in total. The van der Waals surface area contributed by atoms with Crippen LogP contribution in [0, 0.1) is 11.7 Å². The van der Waals surface area contributed by atoms with Gasteiger partial charge in [0.15, 0.2) is 0 Å². The van der Waals surface area contributed by atoms with E-state index in [0.29, 0.717) is 18.9 Å². The van der Waals surface area contributed by atoms with Gasteiger partial charge in [-0.2, -0.15) is 13.2 Å². The lowest BCUT2D eigenvalue weighted by Gasteiger charge is -2.33. The van der Waals surface area contributed by atoms with Crippen LogP contribution in [0.3, 0.4) is 0 Å². The molecule has 1 aliphatic rings. The Bertz CT molecular complexity index is 733. The summed E-state index contributed by atoms with van der Waals surface area (Å²) in [6.07, 6.45) is -3.99. The molecule has 0 aliphatic heterocycles. The molecule has 2 rings (SSSR count). The van der Waals surface area contributed by atoms with Crippen molar-refractivity contribution in [3.8, 4) is 0 Å². The zero-order valence-corrected chi connectivity index (χ0v) is 13.1. The third-order valence-electron chi connectivity index (χ3n) is 3.96. The van der Waals surface area contributed by atoms with Gasteiger partial charge in [-0.3, -0.25) is 0 Å². The van der Waals surface area contributed by atoms with Gasteiger partial charge in [0.1, 0.15) is 10.7 Å². The van der Waals surface area contributed by atoms with Gasteiger partial charge in [0.2, 0.25) is 10.0 Å². The van der Waals surface area contributed by atoms with Crippen LogP contribution in [0.25, 0.3) is 0 Å². The van der Waals surface area contributed by atoms with Crippen molar-refractivity contribution < 1.29 is 35.9 Å². The summed E-state index contributed by atoms with van der Waals surface area (Å²) in [5, 5.41) is 8.73. The number of carboxylic acids is 1. The lowest BCUT2D eigenvalue weighted by molar-refractivity contribution is -0.187. The van der Waals surface area contributed by atoms with Gasteiger partial charge < -0.3 is 5.11 Å². The van der Waals surface area contributed by atoms with Crippen LogP contribution in [-0.4, -0.2) is 31.7 Å². The first-order valence-electron chi connectivity index (χ1n) is 7.14. The summed E-state index contributed by atoms with van der Waals surface area (Å²) in [4.78, 5) is 9.85. The molecule has 2 atom stereocenters. The van der Waals surface area contributed by atoms with E-state index in [1.807, 2.05) is 4.72 Å². The van der Waals surface area contributed by atoms with E-state index in [0.717, 1.165) is 12.1 Å². The van der Waals surface area contributed by atoms with E-state index in [1.54, 1.807) is 0 Å². The molecule has 0 radical (unpaired) electrons. The lowest BCUT2D eigenvalue weighted by Crippen LogP contribution is -2.47. The fourth-order valence-electron chi connectivity index (χ4n) is 2.78. The molecule has 0 amide bonds. The van der Waals surface area contributed by atoms with Crippen molar-refractivity contribution in [3.05, 3.63) is 29.6 Å². The summed E-state index contributed by atoms with van der Waals surface area (Å²) >= 11 is 0. The van der Waals surface area contributed by atoms with E-state index in [2.05, 4.69) is 0 Å². The zero-order chi connectivity index (χ0) is 18.1. The Labute approximate surface area is 135 Å². The number of carboxylic acid groups (broad SMARTS) is 1. The minimum Gasteiger partial charge on any atom is -0.478 e. The Kier molecular flexibility index (Phi) is 5.19. The Balaban J connectivity index is 2.29. The largest absolute Gasteiger partial charge is 0.478 e. The highest BCUT2D eigenvalue weighted by atomic mass is 32.2. The van der Waals surface area contributed by atoms with E-state index in [4.69, 9.17) is 5.11 Å². The first kappa shape index (κ1) is 18.7. The van der Waals surface area contributed by atoms with Crippen molar-refractivity contribution in [2.24, 2.45) is 5.92 Å². The average Bonchev–Trinajstić information content (AvgIpc) is 2.45. The van der Waals surface area contributed by atoms with E-state index >= 15 is 0 Å². The predicted octanol–water partition coefficient (Wildman–Crippen LogP) is 2.92. The van der Waals surface area contributed by atoms with Gasteiger partial charge in [-0.05, 0) is 31.0 Å². The molecule has 10 heteroatoms. The van der Waals surface area contributed by atoms with Gasteiger partial charge in [-0.1, -0.05) is 12.8 Å². The molecule has 1 fully saturated rings. The fraction of sp³-hybridized carbons (Fsp3) is 0.500. The van der Waals surface area contributed by atoms with E-state index in [1.165, 1.54) is 0 Å². The van der Waals surface area contributed by atoms with Crippen molar-refractivity contribution in [1.29, 1.82) is 0 Å². The maximum Gasteiger partial charge on any atom is 0.393 e. The number of hydrogen-bond acceptors (Lipinski definition) is 3. The molecule has 1 aromatic rings. The topological polar surface area (TPSA) is 83.5 Å². The first-order valence-corrected chi connectivity index (χ1v) is 8.62. The van der Waals surface area contributed by atoms with Crippen molar-refractivity contribution in [2.45, 2.75) is 42.8 Å². The monoisotopic (exact) mass is 369 g/mol. The normalized spacial score (nSPS) is 22.3. The van der Waals surface area contributed by atoms with E-state index in [-0.39, 0.29) is 12.8 Å². The van der Waals surface area contributed by atoms with Crippen LogP contribution in [0.1, 0.15) is 36.0 Å². The number of benzene rings is 1. The number of hydrogen-bond donors (Lipinski definition) is 2. The predicted molar refractivity (Wildman–Crippen MR) is 75.5 cm³/mol. The molecular weight excluding hydrogens is 354 g/mol. The molecule has 0 unspecified atom stereocenters. The van der Waals surface area contributed by atoms with Crippen LogP contribution in [0.5, 0.6) is 0 Å². The number of alkyl halides is 3. The molecule has 0 bridgehead atoms. The molecule has 5 nitrogen and oxygen atoms in total. The number of aromatic carboxylic acids is 1. The Morgan fingerprint density at radius 2 is 1.83 bits per heavy atom. The summed E-state index contributed by atoms with van der Waals surface area (Å²) in [6.45, 7) is 0. The standard InChI is InChI=1S/C14H15F4NO4S/c15-10-7-8(13(20)21)5-6-12(10)24(22,23)19-11-4-2-1-3-9(11)14(16,17)18/h5-7,9,11,19H,1-4H2,(H,20,21)/t9-,11+/m1/s1. The maximum absolute atomic E-state index is 13.9. The number of nitrogens with one attached hydrogen (secondary N) is 1. The van der Waals surface area contributed by atoms with Gasteiger partial charge in [-0.25, -0.2) is 22.3 Å². The van der Waals surface area contributed by atoms with Crippen molar-refractivity contribution >= 4 is 16.0 Å². The molecule has 0 aromatic heterocycles. The molecule has 0 spiro atoms. The number of rotatable bonds is 4. The fourth-order valence-corrected chi connectivity index (χ4v) is 4.15. The molecular formula is C14H15F4NO4S. The third kappa shape index (κ3) is 4.04. The zero-order valence-electron chi connectivity index (χ0n) is 12.3. The summed E-state index contributed by atoms with van der Waals surface area (Å²) in [5.74, 6) is -4.61. The smallest absolute Gasteiger partial charge is 0.393 e. The number of sulfonamides is 1. The van der Waals surface area contributed by atoms with Crippen LogP contribution >= 0.6 is 0 Å². The Morgan fingerprint density at radius 3 is 2.38 bits per heavy atom. The Morgan fingerprint density at radius 1 is 1.21 bits per heavy atom. The SMILES string of the molecule is O=C(O)c1ccc(S(=O)(=O)N[C@H]2CCCC[C@H]2C(F)(F)F)c(F)c1. The lowest BCUT2D eigenvalue weighted by atomic mass is 9.85. The third-order valence-corrected chi connectivity index (χ3v) is 5.48. The van der Waals surface area contributed by atoms with Crippen LogP contribution in [-0.2, 0) is 10.0 Å². The second-order valence-electron chi connectivity index (χ2n) is 5.61. The van der Waals surface area contributed by atoms with Gasteiger partial charge in [0, 0.05) is 6.04 Å². The molecule has 0 saturated heterocycles. The maximum atomic E-state index is 13.9. The Hall–Kier alpha value is -1.68. The van der Waals surface area contributed by atoms with Crippen LogP contribution in [0.4, 0.5) is 17.6 Å². The average molecular weight is 369 g/mol. The van der Waals surface area contributed by atoms with Gasteiger partial charge in [0.05, 0.1) is 11.5 Å². The number of halogens is 4. The summed E-state index contributed by atoms with van der Waals surface area (Å²) < 4.78 is 79.3. The summed E-state index contributed by atoms with van der Waals surface area (Å²) in [6, 6.07) is 0.746. The van der Waals surface area contributed by atoms with E-state index in [9.17, 15) is 30.8 Å². The second kappa shape index (κ2) is 6.67. The molecule has 1 saturated carbocycles. The van der Waals surface area contributed by atoms with Crippen molar-refractivity contribution in [2.75, 3.05) is 0 Å². The second-order valence-corrected chi connectivity index (χ2v) is 7.29. The first-order chi connectivity index (χ1) is 11.0. The highest BCUT2D eigenvalue weighted by molar-refractivity contribution is 7.89. The summed E-state index contributed by atoms with van der Waals surface area (Å²) in [5.41, 5.74) is -0.461. The molecule has 134 valence electrons. The van der Waals surface area contributed by atoms with Gasteiger partial charge in [-0.15, -0.1) is 0 Å².